The first-order valence-electron chi connectivity index (χ1n) is 8.72. The van der Waals surface area contributed by atoms with E-state index in [1.807, 2.05) is 48.7 Å². The van der Waals surface area contributed by atoms with Gasteiger partial charge in [0, 0.05) is 24.0 Å². The number of nitrogens with one attached hydrogen (secondary N) is 2. The summed E-state index contributed by atoms with van der Waals surface area (Å²) in [5.41, 5.74) is 3.52. The van der Waals surface area contributed by atoms with Crippen LogP contribution in [0.5, 0.6) is 5.75 Å². The summed E-state index contributed by atoms with van der Waals surface area (Å²) in [6.45, 7) is 4.14. The fourth-order valence-corrected chi connectivity index (χ4v) is 3.13. The molecule has 0 aliphatic heterocycles. The molecule has 28 heavy (non-hydrogen) atoms. The maximum atomic E-state index is 13.6. The van der Waals surface area contributed by atoms with E-state index in [0.29, 0.717) is 0 Å². The number of methoxy groups -OCH3 is 1. The van der Waals surface area contributed by atoms with Crippen LogP contribution < -0.4 is 15.4 Å². The summed E-state index contributed by atoms with van der Waals surface area (Å²) >= 11 is 0. The number of hydrogen-bond donors (Lipinski definition) is 2. The van der Waals surface area contributed by atoms with Gasteiger partial charge in [-0.15, -0.1) is 0 Å². The Morgan fingerprint density at radius 3 is 2.61 bits per heavy atom. The van der Waals surface area contributed by atoms with E-state index >= 15 is 0 Å². The molecule has 0 spiro atoms. The number of nitrogens with zero attached hydrogens (tertiary/aromatic N) is 1. The Balaban J connectivity index is 1.75. The average Bonchev–Trinajstić information content (AvgIpc) is 2.96. The average molecular weight is 385 g/mol. The van der Waals surface area contributed by atoms with Gasteiger partial charge in [-0.05, 0) is 49.7 Å². The SMILES string of the molecule is COc1ccccc1-n1c(C)cc(CNC(=O)Nc2cc(F)ccc2F)c1C. The van der Waals surface area contributed by atoms with Crippen molar-refractivity contribution in [2.75, 3.05) is 12.4 Å². The lowest BCUT2D eigenvalue weighted by Gasteiger charge is -2.14. The molecule has 5 nitrogen and oxygen atoms in total. The van der Waals surface area contributed by atoms with Crippen molar-refractivity contribution in [1.82, 2.24) is 9.88 Å². The van der Waals surface area contributed by atoms with Gasteiger partial charge < -0.3 is 19.9 Å². The van der Waals surface area contributed by atoms with Gasteiger partial charge in [0.2, 0.25) is 0 Å². The van der Waals surface area contributed by atoms with Gasteiger partial charge in [0.15, 0.2) is 0 Å². The van der Waals surface area contributed by atoms with Crippen LogP contribution in [0.2, 0.25) is 0 Å². The highest BCUT2D eigenvalue weighted by Crippen LogP contribution is 2.27. The summed E-state index contributed by atoms with van der Waals surface area (Å²) in [5.74, 6) is -0.592. The minimum absolute atomic E-state index is 0.211. The van der Waals surface area contributed by atoms with Gasteiger partial charge in [0.05, 0.1) is 18.5 Å². The molecular weight excluding hydrogens is 364 g/mol. The van der Waals surface area contributed by atoms with Gasteiger partial charge in [0.25, 0.3) is 0 Å². The molecule has 0 saturated carbocycles. The number of para-hydroxylation sites is 2. The van der Waals surface area contributed by atoms with E-state index in [-0.39, 0.29) is 12.2 Å². The van der Waals surface area contributed by atoms with Crippen LogP contribution in [-0.2, 0) is 6.54 Å². The molecule has 1 aromatic heterocycles. The summed E-state index contributed by atoms with van der Waals surface area (Å²) in [6.07, 6.45) is 0. The van der Waals surface area contributed by atoms with E-state index in [2.05, 4.69) is 10.6 Å². The monoisotopic (exact) mass is 385 g/mol. The van der Waals surface area contributed by atoms with Gasteiger partial charge in [-0.2, -0.15) is 0 Å². The molecule has 0 fully saturated rings. The van der Waals surface area contributed by atoms with Gasteiger partial charge in [-0.25, -0.2) is 13.6 Å². The number of carbonyl (C=O) groups excluding carboxylic acids is 1. The van der Waals surface area contributed by atoms with Gasteiger partial charge in [0.1, 0.15) is 17.4 Å². The van der Waals surface area contributed by atoms with E-state index in [9.17, 15) is 13.6 Å². The van der Waals surface area contributed by atoms with E-state index in [1.54, 1.807) is 7.11 Å². The normalized spacial score (nSPS) is 10.6. The van der Waals surface area contributed by atoms with E-state index < -0.39 is 17.7 Å². The fraction of sp³-hybridized carbons (Fsp3) is 0.190. The van der Waals surface area contributed by atoms with Crippen LogP contribution >= 0.6 is 0 Å². The van der Waals surface area contributed by atoms with Crippen LogP contribution in [0.1, 0.15) is 17.0 Å². The Morgan fingerprint density at radius 1 is 1.11 bits per heavy atom. The van der Waals surface area contributed by atoms with Crippen LogP contribution in [0.25, 0.3) is 5.69 Å². The van der Waals surface area contributed by atoms with Crippen molar-refractivity contribution >= 4 is 11.7 Å². The van der Waals surface area contributed by atoms with Gasteiger partial charge in [-0.3, -0.25) is 0 Å². The third-order valence-electron chi connectivity index (χ3n) is 4.48. The molecule has 2 amide bonds. The van der Waals surface area contributed by atoms with E-state index in [0.717, 1.165) is 46.6 Å². The standard InChI is InChI=1S/C21H21F2N3O2/c1-13-10-15(14(2)26(13)19-6-4-5-7-20(19)28-3)12-24-21(27)25-18-11-16(22)8-9-17(18)23/h4-11H,12H2,1-3H3,(H2,24,25,27). The molecule has 0 radical (unpaired) electrons. The van der Waals surface area contributed by atoms with Crippen molar-refractivity contribution in [3.8, 4) is 11.4 Å². The number of aryl methyl sites for hydroxylation is 1. The first-order chi connectivity index (χ1) is 13.4. The number of aromatic nitrogens is 1. The molecule has 0 bridgehead atoms. The topological polar surface area (TPSA) is 55.3 Å². The van der Waals surface area contributed by atoms with Crippen LogP contribution in [0, 0.1) is 25.5 Å². The van der Waals surface area contributed by atoms with Crippen LogP contribution in [-0.4, -0.2) is 17.7 Å². The first-order valence-corrected chi connectivity index (χ1v) is 8.72. The minimum atomic E-state index is -0.703. The Labute approximate surface area is 161 Å². The number of benzene rings is 2. The molecule has 1 heterocycles. The van der Waals surface area contributed by atoms with Gasteiger partial charge in [-0.1, -0.05) is 12.1 Å². The summed E-state index contributed by atoms with van der Waals surface area (Å²) < 4.78 is 34.3. The molecule has 7 heteroatoms. The Hall–Kier alpha value is -3.35. The van der Waals surface area contributed by atoms with Crippen molar-refractivity contribution in [3.05, 3.63) is 77.1 Å². The zero-order chi connectivity index (χ0) is 20.3. The quantitative estimate of drug-likeness (QED) is 0.669. The number of halogens is 2. The Kier molecular flexibility index (Phi) is 5.63. The van der Waals surface area contributed by atoms with Crippen molar-refractivity contribution in [2.45, 2.75) is 20.4 Å². The third kappa shape index (κ3) is 3.98. The van der Waals surface area contributed by atoms with Crippen molar-refractivity contribution in [3.63, 3.8) is 0 Å². The number of hydrogen-bond acceptors (Lipinski definition) is 2. The highest BCUT2D eigenvalue weighted by atomic mass is 19.1. The summed E-state index contributed by atoms with van der Waals surface area (Å²) in [7, 11) is 1.62. The molecule has 0 atom stereocenters. The zero-order valence-electron chi connectivity index (χ0n) is 15.8. The number of amides is 2. The molecule has 3 rings (SSSR count). The third-order valence-corrected chi connectivity index (χ3v) is 4.48. The lowest BCUT2D eigenvalue weighted by molar-refractivity contribution is 0.251. The predicted octanol–water partition coefficient (Wildman–Crippen LogP) is 4.70. The maximum Gasteiger partial charge on any atom is 0.319 e. The molecule has 0 aliphatic rings. The first kappa shape index (κ1) is 19.4. The molecular formula is C21H21F2N3O2. The highest BCUT2D eigenvalue weighted by Gasteiger charge is 2.15. The number of carbonyl (C=O) groups is 1. The lowest BCUT2D eigenvalue weighted by atomic mass is 10.2. The predicted molar refractivity (Wildman–Crippen MR) is 104 cm³/mol. The van der Waals surface area contributed by atoms with Crippen LogP contribution in [0.15, 0.2) is 48.5 Å². The molecule has 2 aromatic carbocycles. The fourth-order valence-electron chi connectivity index (χ4n) is 3.13. The molecule has 3 aromatic rings. The van der Waals surface area contributed by atoms with Crippen molar-refractivity contribution < 1.29 is 18.3 Å². The Bertz CT molecular complexity index is 1010. The number of rotatable bonds is 5. The number of ether oxygens (including phenoxy) is 1. The zero-order valence-corrected chi connectivity index (χ0v) is 15.8. The van der Waals surface area contributed by atoms with Gasteiger partial charge >= 0.3 is 6.03 Å². The minimum Gasteiger partial charge on any atom is -0.495 e. The molecule has 146 valence electrons. The number of urea groups is 1. The Morgan fingerprint density at radius 2 is 1.86 bits per heavy atom. The second-order valence-corrected chi connectivity index (χ2v) is 6.34. The largest absolute Gasteiger partial charge is 0.495 e. The molecule has 0 saturated heterocycles. The van der Waals surface area contributed by atoms with E-state index in [1.165, 1.54) is 0 Å². The smallest absolute Gasteiger partial charge is 0.319 e. The van der Waals surface area contributed by atoms with Crippen molar-refractivity contribution in [2.24, 2.45) is 0 Å². The number of anilines is 1. The van der Waals surface area contributed by atoms with Crippen LogP contribution in [0.4, 0.5) is 19.3 Å². The van der Waals surface area contributed by atoms with E-state index in [4.69, 9.17) is 4.74 Å². The van der Waals surface area contributed by atoms with Crippen molar-refractivity contribution in [1.29, 1.82) is 0 Å². The molecule has 0 aliphatic carbocycles. The maximum absolute atomic E-state index is 13.6. The lowest BCUT2D eigenvalue weighted by Crippen LogP contribution is -2.28. The summed E-state index contributed by atoms with van der Waals surface area (Å²) in [6, 6.07) is 11.9. The van der Waals surface area contributed by atoms with Crippen LogP contribution in [0.3, 0.4) is 0 Å². The highest BCUT2D eigenvalue weighted by molar-refractivity contribution is 5.89. The second-order valence-electron chi connectivity index (χ2n) is 6.34. The second kappa shape index (κ2) is 8.12. The molecule has 0 unspecified atom stereocenters. The summed E-state index contributed by atoms with van der Waals surface area (Å²) in [5, 5.41) is 4.99. The summed E-state index contributed by atoms with van der Waals surface area (Å²) in [4.78, 5) is 12.1. The molecule has 2 N–H and O–H groups in total.